The lowest BCUT2D eigenvalue weighted by atomic mass is 10.1. The highest BCUT2D eigenvalue weighted by molar-refractivity contribution is 7.89. The van der Waals surface area contributed by atoms with Crippen LogP contribution in [0.2, 0.25) is 0 Å². The molecule has 1 aliphatic rings. The van der Waals surface area contributed by atoms with E-state index in [9.17, 15) is 17.2 Å². The smallest absolute Gasteiger partial charge is 0.249 e. The number of rotatable bonds is 3. The second-order valence-electron chi connectivity index (χ2n) is 5.86. The Bertz CT molecular complexity index is 807. The van der Waals surface area contributed by atoms with Gasteiger partial charge in [0, 0.05) is 19.6 Å². The van der Waals surface area contributed by atoms with Gasteiger partial charge in [-0.15, -0.1) is 0 Å². The Hall–Kier alpha value is -1.83. The third-order valence-electron chi connectivity index (χ3n) is 4.20. The zero-order valence-electron chi connectivity index (χ0n) is 13.2. The molecule has 0 aromatic heterocycles. The van der Waals surface area contributed by atoms with Gasteiger partial charge in [0.2, 0.25) is 10.0 Å². The predicted octanol–water partition coefficient (Wildman–Crippen LogP) is 2.64. The van der Waals surface area contributed by atoms with E-state index in [1.165, 1.54) is 4.31 Å². The van der Waals surface area contributed by atoms with Crippen LogP contribution in [0.1, 0.15) is 11.6 Å². The summed E-state index contributed by atoms with van der Waals surface area (Å²) in [4.78, 5) is 1.12. The van der Waals surface area contributed by atoms with Crippen LogP contribution in [-0.2, 0) is 10.0 Å². The van der Waals surface area contributed by atoms with Crippen LogP contribution < -0.4 is 0 Å². The lowest BCUT2D eigenvalue weighted by molar-refractivity contribution is 0.160. The fourth-order valence-electron chi connectivity index (χ4n) is 2.98. The summed E-state index contributed by atoms with van der Waals surface area (Å²) in [6.45, 7) is 1.13. The van der Waals surface area contributed by atoms with Gasteiger partial charge in [0.25, 0.3) is 0 Å². The first kappa shape index (κ1) is 17.0. The number of benzene rings is 2. The van der Waals surface area contributed by atoms with E-state index in [0.29, 0.717) is 13.1 Å². The van der Waals surface area contributed by atoms with Crippen LogP contribution in [0.15, 0.2) is 53.4 Å². The molecule has 1 unspecified atom stereocenters. The van der Waals surface area contributed by atoms with Gasteiger partial charge in [-0.2, -0.15) is 4.31 Å². The fraction of sp³-hybridized carbons (Fsp3) is 0.294. The lowest BCUT2D eigenvalue weighted by Gasteiger charge is -2.39. The Kier molecular flexibility index (Phi) is 4.67. The van der Waals surface area contributed by atoms with E-state index < -0.39 is 32.6 Å². The highest BCUT2D eigenvalue weighted by Crippen LogP contribution is 2.32. The minimum atomic E-state index is -4.29. The van der Waals surface area contributed by atoms with Gasteiger partial charge >= 0.3 is 0 Å². The maximum atomic E-state index is 14.1. The normalized spacial score (nSPS) is 20.2. The van der Waals surface area contributed by atoms with E-state index in [1.54, 1.807) is 0 Å². The van der Waals surface area contributed by atoms with Crippen molar-refractivity contribution in [2.75, 3.05) is 26.7 Å². The van der Waals surface area contributed by atoms with Crippen molar-refractivity contribution in [2.45, 2.75) is 10.9 Å². The van der Waals surface area contributed by atoms with Gasteiger partial charge in [-0.1, -0.05) is 36.4 Å². The predicted molar refractivity (Wildman–Crippen MR) is 86.9 cm³/mol. The monoisotopic (exact) mass is 352 g/mol. The molecule has 1 atom stereocenters. The third kappa shape index (κ3) is 3.07. The van der Waals surface area contributed by atoms with E-state index in [1.807, 2.05) is 42.3 Å². The molecule has 0 N–H and O–H groups in total. The van der Waals surface area contributed by atoms with E-state index in [2.05, 4.69) is 0 Å². The van der Waals surface area contributed by atoms with E-state index >= 15 is 0 Å². The number of halogens is 2. The Labute approximate surface area is 140 Å². The molecule has 4 nitrogen and oxygen atoms in total. The summed E-state index contributed by atoms with van der Waals surface area (Å²) in [6.07, 6.45) is 0. The third-order valence-corrected chi connectivity index (χ3v) is 6.16. The SMILES string of the molecule is CN1CCN(S(=O)(=O)c2c(F)cccc2F)C(c2ccccc2)C1. The number of likely N-dealkylation sites (N-methyl/N-ethyl adjacent to an activating group) is 1. The molecule has 0 saturated carbocycles. The maximum Gasteiger partial charge on any atom is 0.249 e. The largest absolute Gasteiger partial charge is 0.303 e. The van der Waals surface area contributed by atoms with Crippen LogP contribution in [0.3, 0.4) is 0 Å². The van der Waals surface area contributed by atoms with E-state index in [-0.39, 0.29) is 6.54 Å². The summed E-state index contributed by atoms with van der Waals surface area (Å²) >= 11 is 0. The molecular weight excluding hydrogens is 334 g/mol. The molecule has 128 valence electrons. The lowest BCUT2D eigenvalue weighted by Crippen LogP contribution is -2.49. The van der Waals surface area contributed by atoms with Crippen molar-refractivity contribution in [1.29, 1.82) is 0 Å². The van der Waals surface area contributed by atoms with Gasteiger partial charge < -0.3 is 4.90 Å². The zero-order chi connectivity index (χ0) is 17.3. The Morgan fingerprint density at radius 3 is 2.21 bits per heavy atom. The molecule has 2 aromatic rings. The summed E-state index contributed by atoms with van der Waals surface area (Å²) in [5, 5.41) is 0. The van der Waals surface area contributed by atoms with Gasteiger partial charge in [0.1, 0.15) is 11.6 Å². The quantitative estimate of drug-likeness (QED) is 0.853. The molecule has 24 heavy (non-hydrogen) atoms. The first-order chi connectivity index (χ1) is 11.4. The molecule has 2 aromatic carbocycles. The minimum Gasteiger partial charge on any atom is -0.303 e. The van der Waals surface area contributed by atoms with Crippen LogP contribution >= 0.6 is 0 Å². The van der Waals surface area contributed by atoms with Gasteiger partial charge in [-0.05, 0) is 24.7 Å². The van der Waals surface area contributed by atoms with Crippen molar-refractivity contribution in [2.24, 2.45) is 0 Å². The highest BCUT2D eigenvalue weighted by Gasteiger charge is 2.38. The fourth-order valence-corrected chi connectivity index (χ4v) is 4.69. The Balaban J connectivity index is 2.08. The number of sulfonamides is 1. The molecule has 0 amide bonds. The first-order valence-electron chi connectivity index (χ1n) is 7.60. The van der Waals surface area contributed by atoms with E-state index in [4.69, 9.17) is 0 Å². The van der Waals surface area contributed by atoms with Crippen molar-refractivity contribution in [1.82, 2.24) is 9.21 Å². The van der Waals surface area contributed by atoms with Crippen molar-refractivity contribution in [3.63, 3.8) is 0 Å². The second kappa shape index (κ2) is 6.58. The van der Waals surface area contributed by atoms with E-state index in [0.717, 1.165) is 23.8 Å². The molecule has 1 aliphatic heterocycles. The van der Waals surface area contributed by atoms with Crippen LogP contribution in [-0.4, -0.2) is 44.3 Å². The standard InChI is InChI=1S/C17H18F2N2O2S/c1-20-10-11-21(16(12-20)13-6-3-2-4-7-13)24(22,23)17-14(18)8-5-9-15(17)19/h2-9,16H,10-12H2,1H3. The molecule has 1 heterocycles. The first-order valence-corrected chi connectivity index (χ1v) is 9.04. The number of nitrogens with zero attached hydrogens (tertiary/aromatic N) is 2. The van der Waals surface area contributed by atoms with Gasteiger partial charge in [-0.25, -0.2) is 17.2 Å². The minimum absolute atomic E-state index is 0.173. The molecule has 0 aliphatic carbocycles. The summed E-state index contributed by atoms with van der Waals surface area (Å²) in [6, 6.07) is 11.7. The van der Waals surface area contributed by atoms with Gasteiger partial charge in [-0.3, -0.25) is 0 Å². The van der Waals surface area contributed by atoms with Crippen molar-refractivity contribution in [3.8, 4) is 0 Å². The average Bonchev–Trinajstić information content (AvgIpc) is 2.55. The molecule has 1 fully saturated rings. The number of hydrogen-bond acceptors (Lipinski definition) is 3. The molecule has 0 radical (unpaired) electrons. The topological polar surface area (TPSA) is 40.6 Å². The number of hydrogen-bond donors (Lipinski definition) is 0. The molecule has 0 spiro atoms. The molecule has 3 rings (SSSR count). The molecular formula is C17H18F2N2O2S. The summed E-state index contributed by atoms with van der Waals surface area (Å²) in [5.74, 6) is -2.14. The molecule has 1 saturated heterocycles. The zero-order valence-corrected chi connectivity index (χ0v) is 14.0. The summed E-state index contributed by atoms with van der Waals surface area (Å²) in [5.41, 5.74) is 0.796. The van der Waals surface area contributed by atoms with Crippen LogP contribution in [0, 0.1) is 11.6 Å². The van der Waals surface area contributed by atoms with Crippen LogP contribution in [0.4, 0.5) is 8.78 Å². The second-order valence-corrected chi connectivity index (χ2v) is 7.68. The molecule has 7 heteroatoms. The summed E-state index contributed by atoms with van der Waals surface area (Å²) < 4.78 is 55.2. The van der Waals surface area contributed by atoms with Crippen molar-refractivity contribution < 1.29 is 17.2 Å². The maximum absolute atomic E-state index is 14.1. The number of piperazine rings is 1. The highest BCUT2D eigenvalue weighted by atomic mass is 32.2. The summed E-state index contributed by atoms with van der Waals surface area (Å²) in [7, 11) is -2.40. The van der Waals surface area contributed by atoms with Crippen molar-refractivity contribution in [3.05, 3.63) is 65.7 Å². The Morgan fingerprint density at radius 1 is 0.958 bits per heavy atom. The van der Waals surface area contributed by atoms with Gasteiger partial charge in [0.05, 0.1) is 6.04 Å². The van der Waals surface area contributed by atoms with Crippen LogP contribution in [0.25, 0.3) is 0 Å². The van der Waals surface area contributed by atoms with Gasteiger partial charge in [0.15, 0.2) is 4.90 Å². The molecule has 0 bridgehead atoms. The van der Waals surface area contributed by atoms with Crippen LogP contribution in [0.5, 0.6) is 0 Å². The average molecular weight is 352 g/mol. The van der Waals surface area contributed by atoms with Crippen molar-refractivity contribution >= 4 is 10.0 Å². The Morgan fingerprint density at radius 2 is 1.58 bits per heavy atom.